The van der Waals surface area contributed by atoms with Gasteiger partial charge in [-0.2, -0.15) is 10.2 Å². The molecule has 6 aromatic rings. The van der Waals surface area contributed by atoms with Gasteiger partial charge in [0, 0.05) is 35.7 Å². The molecule has 0 fully saturated rings. The summed E-state index contributed by atoms with van der Waals surface area (Å²) < 4.78 is 0. The molecule has 0 aliphatic heterocycles. The summed E-state index contributed by atoms with van der Waals surface area (Å²) in [5, 5.41) is 25.5. The molecule has 0 saturated heterocycles. The Balaban J connectivity index is 0.000000130. The molecule has 1 atom stereocenters. The van der Waals surface area contributed by atoms with Crippen molar-refractivity contribution in [1.29, 1.82) is 0 Å². The van der Waals surface area contributed by atoms with Crippen molar-refractivity contribution in [2.24, 2.45) is 0 Å². The van der Waals surface area contributed by atoms with Gasteiger partial charge in [0.25, 0.3) is 0 Å². The van der Waals surface area contributed by atoms with Crippen molar-refractivity contribution >= 4 is 27.6 Å². The Bertz CT molecular complexity index is 1850. The lowest BCUT2D eigenvalue weighted by atomic mass is 9.96. The number of aromatic amines is 2. The summed E-state index contributed by atoms with van der Waals surface area (Å²) in [4.78, 5) is 8.55. The zero-order valence-electron chi connectivity index (χ0n) is 21.5. The minimum absolute atomic E-state index is 0.230. The minimum atomic E-state index is 0.230. The van der Waals surface area contributed by atoms with E-state index in [1.54, 1.807) is 6.20 Å². The van der Waals surface area contributed by atoms with E-state index in [0.717, 1.165) is 58.9 Å². The van der Waals surface area contributed by atoms with E-state index < -0.39 is 0 Å². The highest BCUT2D eigenvalue weighted by atomic mass is 16.3. The van der Waals surface area contributed by atoms with Gasteiger partial charge in [0.05, 0.1) is 12.4 Å². The summed E-state index contributed by atoms with van der Waals surface area (Å²) in [5.41, 5.74) is 12.9. The van der Waals surface area contributed by atoms with E-state index >= 15 is 0 Å². The second kappa shape index (κ2) is 9.60. The number of fused-ring (bicyclic) bond motifs is 4. The summed E-state index contributed by atoms with van der Waals surface area (Å²) >= 11 is 0. The third kappa shape index (κ3) is 4.11. The molecule has 2 aliphatic rings. The molecule has 7 nitrogen and oxygen atoms in total. The topological polar surface area (TPSA) is 103 Å². The number of aliphatic hydroxyl groups excluding tert-OH is 1. The van der Waals surface area contributed by atoms with Crippen LogP contribution in [0.5, 0.6) is 0 Å². The van der Waals surface area contributed by atoms with Gasteiger partial charge < -0.3 is 5.11 Å². The first kappa shape index (κ1) is 23.5. The van der Waals surface area contributed by atoms with Crippen molar-refractivity contribution in [2.45, 2.75) is 31.6 Å². The number of hydrogen-bond donors (Lipinski definition) is 3. The molecular formula is C32H28N6O. The fourth-order valence-corrected chi connectivity index (χ4v) is 5.96. The molecule has 0 radical (unpaired) electrons. The molecule has 0 bridgehead atoms. The van der Waals surface area contributed by atoms with Crippen LogP contribution in [0.25, 0.3) is 49.9 Å². The number of nitrogens with one attached hydrogen (secondary N) is 2. The smallest absolute Gasteiger partial charge is 0.155 e. The molecule has 7 heteroatoms. The summed E-state index contributed by atoms with van der Waals surface area (Å²) in [6, 6.07) is 17.2. The Kier molecular flexibility index (Phi) is 5.78. The van der Waals surface area contributed by atoms with E-state index in [9.17, 15) is 5.11 Å². The molecule has 4 heterocycles. The van der Waals surface area contributed by atoms with E-state index in [4.69, 9.17) is 0 Å². The van der Waals surface area contributed by atoms with Crippen LogP contribution in [-0.2, 0) is 12.8 Å². The quantitative estimate of drug-likeness (QED) is 0.261. The van der Waals surface area contributed by atoms with Gasteiger partial charge in [-0.25, -0.2) is 9.97 Å². The number of nitrogens with zero attached hydrogens (tertiary/aromatic N) is 4. The third-order valence-corrected chi connectivity index (χ3v) is 8.09. The van der Waals surface area contributed by atoms with Crippen LogP contribution in [0.1, 0.15) is 41.0 Å². The van der Waals surface area contributed by atoms with Gasteiger partial charge in [0.1, 0.15) is 0 Å². The van der Waals surface area contributed by atoms with Gasteiger partial charge in [-0.1, -0.05) is 36.9 Å². The highest BCUT2D eigenvalue weighted by Gasteiger charge is 2.22. The number of H-pyrrole nitrogens is 2. The molecule has 0 amide bonds. The maximum atomic E-state index is 9.49. The van der Waals surface area contributed by atoms with E-state index in [2.05, 4.69) is 73.3 Å². The summed E-state index contributed by atoms with van der Waals surface area (Å²) in [5.74, 6) is 0.284. The second-order valence-corrected chi connectivity index (χ2v) is 10.3. The molecule has 39 heavy (non-hydrogen) atoms. The Hall–Kier alpha value is -4.62. The van der Waals surface area contributed by atoms with E-state index in [0.29, 0.717) is 0 Å². The fourth-order valence-electron chi connectivity index (χ4n) is 5.96. The maximum absolute atomic E-state index is 9.49. The molecule has 2 aliphatic carbocycles. The Morgan fingerprint density at radius 3 is 2.05 bits per heavy atom. The Morgan fingerprint density at radius 2 is 1.38 bits per heavy atom. The van der Waals surface area contributed by atoms with Gasteiger partial charge in [-0.15, -0.1) is 0 Å². The van der Waals surface area contributed by atoms with E-state index in [1.165, 1.54) is 39.0 Å². The number of aryl methyl sites for hydroxylation is 2. The molecule has 3 N–H and O–H groups in total. The van der Waals surface area contributed by atoms with E-state index in [1.807, 2.05) is 30.7 Å². The van der Waals surface area contributed by atoms with Crippen LogP contribution < -0.4 is 0 Å². The fraction of sp³-hybridized carbons (Fsp3) is 0.188. The maximum Gasteiger partial charge on any atom is 0.155 e. The molecule has 1 unspecified atom stereocenters. The van der Waals surface area contributed by atoms with Crippen LogP contribution in [-0.4, -0.2) is 42.1 Å². The zero-order valence-corrected chi connectivity index (χ0v) is 21.5. The van der Waals surface area contributed by atoms with Crippen LogP contribution in [0.15, 0.2) is 79.9 Å². The standard InChI is InChI=1S/C16H15N3O.C16H13N3/c20-9-12-4-2-10-1-3-11(7-14(10)12)13-5-6-17-16-15(13)8-18-19-16;1-10-2-3-11-4-5-12(8-14(10)11)13-6-7-17-16-15(13)9-18-19-16/h1,3,5-8,12,20H,2,4,9H2,(H,17,18,19);4-9H,1-3H2,(H,17,18,19). The number of hydrogen-bond acceptors (Lipinski definition) is 5. The normalized spacial score (nSPS) is 15.8. The average molecular weight is 513 g/mol. The Morgan fingerprint density at radius 1 is 0.744 bits per heavy atom. The summed E-state index contributed by atoms with van der Waals surface area (Å²) in [6.07, 6.45) is 11.6. The predicted molar refractivity (Wildman–Crippen MR) is 154 cm³/mol. The molecule has 2 aromatic carbocycles. The van der Waals surface area contributed by atoms with Crippen molar-refractivity contribution in [1.82, 2.24) is 30.4 Å². The highest BCUT2D eigenvalue weighted by Crippen LogP contribution is 2.37. The molecule has 4 aromatic heterocycles. The third-order valence-electron chi connectivity index (χ3n) is 8.09. The molecule has 0 spiro atoms. The predicted octanol–water partition coefficient (Wildman–Crippen LogP) is 6.23. The number of pyridine rings is 2. The first-order chi connectivity index (χ1) is 19.2. The lowest BCUT2D eigenvalue weighted by Crippen LogP contribution is -1.99. The zero-order chi connectivity index (χ0) is 26.3. The molecule has 192 valence electrons. The van der Waals surface area contributed by atoms with Crippen LogP contribution in [0.3, 0.4) is 0 Å². The van der Waals surface area contributed by atoms with Crippen molar-refractivity contribution in [2.75, 3.05) is 6.61 Å². The molecular weight excluding hydrogens is 484 g/mol. The van der Waals surface area contributed by atoms with Crippen molar-refractivity contribution in [3.8, 4) is 22.3 Å². The summed E-state index contributed by atoms with van der Waals surface area (Å²) in [7, 11) is 0. The van der Waals surface area contributed by atoms with Crippen molar-refractivity contribution < 1.29 is 5.11 Å². The number of benzene rings is 2. The largest absolute Gasteiger partial charge is 0.396 e. The number of rotatable bonds is 3. The highest BCUT2D eigenvalue weighted by molar-refractivity contribution is 5.93. The second-order valence-electron chi connectivity index (χ2n) is 10.3. The van der Waals surface area contributed by atoms with Crippen LogP contribution in [0.4, 0.5) is 0 Å². The van der Waals surface area contributed by atoms with Gasteiger partial charge in [-0.3, -0.25) is 10.2 Å². The minimum Gasteiger partial charge on any atom is -0.396 e. The van der Waals surface area contributed by atoms with Gasteiger partial charge in [-0.05, 0) is 94.0 Å². The van der Waals surface area contributed by atoms with Gasteiger partial charge >= 0.3 is 0 Å². The van der Waals surface area contributed by atoms with Crippen LogP contribution in [0, 0.1) is 0 Å². The lowest BCUT2D eigenvalue weighted by Gasteiger charge is -2.10. The van der Waals surface area contributed by atoms with Crippen molar-refractivity contribution in [3.63, 3.8) is 0 Å². The number of aromatic nitrogens is 6. The van der Waals surface area contributed by atoms with Crippen LogP contribution >= 0.6 is 0 Å². The van der Waals surface area contributed by atoms with E-state index in [-0.39, 0.29) is 12.5 Å². The number of allylic oxidation sites excluding steroid dienone is 1. The Labute approximate surface area is 225 Å². The van der Waals surface area contributed by atoms with Crippen LogP contribution in [0.2, 0.25) is 0 Å². The average Bonchev–Trinajstić information content (AvgIpc) is 3.78. The summed E-state index contributed by atoms with van der Waals surface area (Å²) in [6.45, 7) is 4.38. The first-order valence-electron chi connectivity index (χ1n) is 13.3. The number of aliphatic hydroxyl groups is 1. The monoisotopic (exact) mass is 512 g/mol. The van der Waals surface area contributed by atoms with Crippen molar-refractivity contribution in [3.05, 3.63) is 102 Å². The lowest BCUT2D eigenvalue weighted by molar-refractivity contribution is 0.265. The van der Waals surface area contributed by atoms with Gasteiger partial charge in [0.15, 0.2) is 11.3 Å². The first-order valence-corrected chi connectivity index (χ1v) is 13.3. The van der Waals surface area contributed by atoms with Gasteiger partial charge in [0.2, 0.25) is 0 Å². The molecule has 0 saturated carbocycles. The SMILES string of the molecule is C=C1CCc2ccc(-c3ccnc4[nH]ncc34)cc21.OCC1CCc2ccc(-c3ccnc4[nH]ncc34)cc21. The molecule has 8 rings (SSSR count).